The second-order valence-corrected chi connectivity index (χ2v) is 4.71. The summed E-state index contributed by atoms with van der Waals surface area (Å²) < 4.78 is 12.4. The average molecular weight is 349 g/mol. The van der Waals surface area contributed by atoms with E-state index in [9.17, 15) is 0 Å². The van der Waals surface area contributed by atoms with E-state index in [1.54, 1.807) is 0 Å². The summed E-state index contributed by atoms with van der Waals surface area (Å²) in [5, 5.41) is 3.31. The number of rotatable bonds is 7. The van der Waals surface area contributed by atoms with Crippen LogP contribution in [0.5, 0.6) is 11.5 Å². The molecule has 3 nitrogen and oxygen atoms in total. The van der Waals surface area contributed by atoms with Crippen molar-refractivity contribution in [2.75, 3.05) is 19.8 Å². The summed E-state index contributed by atoms with van der Waals surface area (Å²) in [7, 11) is 0. The molecule has 4 heteroatoms. The Morgan fingerprint density at radius 3 is 2.41 bits per heavy atom. The molecule has 0 aliphatic rings. The number of hydrogen-bond donors (Lipinski definition) is 1. The molecule has 17 heavy (non-hydrogen) atoms. The SMILES string of the molecule is CCNCc1cc(I)c(OCC)c(OCC)c1. The summed E-state index contributed by atoms with van der Waals surface area (Å²) in [6.07, 6.45) is 0. The van der Waals surface area contributed by atoms with Gasteiger partial charge in [-0.15, -0.1) is 0 Å². The Morgan fingerprint density at radius 2 is 1.82 bits per heavy atom. The zero-order chi connectivity index (χ0) is 12.7. The summed E-state index contributed by atoms with van der Waals surface area (Å²) in [6.45, 7) is 9.21. The van der Waals surface area contributed by atoms with Crippen LogP contribution in [0, 0.1) is 3.57 Å². The van der Waals surface area contributed by atoms with E-state index in [-0.39, 0.29) is 0 Å². The third-order valence-electron chi connectivity index (χ3n) is 2.24. The van der Waals surface area contributed by atoms with E-state index < -0.39 is 0 Å². The van der Waals surface area contributed by atoms with Crippen molar-refractivity contribution in [3.05, 3.63) is 21.3 Å². The van der Waals surface area contributed by atoms with Crippen LogP contribution in [0.2, 0.25) is 0 Å². The first-order chi connectivity index (χ1) is 8.22. The number of ether oxygens (including phenoxy) is 2. The fourth-order valence-corrected chi connectivity index (χ4v) is 2.36. The summed E-state index contributed by atoms with van der Waals surface area (Å²) >= 11 is 2.29. The predicted molar refractivity (Wildman–Crippen MR) is 78.9 cm³/mol. The van der Waals surface area contributed by atoms with Crippen LogP contribution in [-0.2, 0) is 6.54 Å². The normalized spacial score (nSPS) is 10.4. The van der Waals surface area contributed by atoms with Crippen molar-refractivity contribution in [3.8, 4) is 11.5 Å². The van der Waals surface area contributed by atoms with Gasteiger partial charge in [-0.2, -0.15) is 0 Å². The smallest absolute Gasteiger partial charge is 0.174 e. The summed E-state index contributed by atoms with van der Waals surface area (Å²) in [6, 6.07) is 4.19. The van der Waals surface area contributed by atoms with Gasteiger partial charge in [0.15, 0.2) is 11.5 Å². The Morgan fingerprint density at radius 1 is 1.12 bits per heavy atom. The number of halogens is 1. The van der Waals surface area contributed by atoms with Crippen molar-refractivity contribution < 1.29 is 9.47 Å². The highest BCUT2D eigenvalue weighted by molar-refractivity contribution is 14.1. The molecule has 0 radical (unpaired) electrons. The van der Waals surface area contributed by atoms with Gasteiger partial charge in [0.2, 0.25) is 0 Å². The standard InChI is InChI=1S/C13H20INO2/c1-4-15-9-10-7-11(14)13(17-6-3)12(8-10)16-5-2/h7-8,15H,4-6,9H2,1-3H3. The zero-order valence-electron chi connectivity index (χ0n) is 10.7. The molecule has 0 spiro atoms. The van der Waals surface area contributed by atoms with Gasteiger partial charge in [-0.25, -0.2) is 0 Å². The van der Waals surface area contributed by atoms with Gasteiger partial charge in [-0.3, -0.25) is 0 Å². The molecule has 0 aliphatic carbocycles. The first-order valence-electron chi connectivity index (χ1n) is 6.01. The molecule has 0 bridgehead atoms. The second-order valence-electron chi connectivity index (χ2n) is 3.55. The molecule has 0 saturated carbocycles. The lowest BCUT2D eigenvalue weighted by Gasteiger charge is -2.14. The predicted octanol–water partition coefficient (Wildman–Crippen LogP) is 3.20. The van der Waals surface area contributed by atoms with Crippen molar-refractivity contribution in [1.29, 1.82) is 0 Å². The van der Waals surface area contributed by atoms with Crippen LogP contribution in [0.25, 0.3) is 0 Å². The van der Waals surface area contributed by atoms with Crippen molar-refractivity contribution in [3.63, 3.8) is 0 Å². The summed E-state index contributed by atoms with van der Waals surface area (Å²) in [5.41, 5.74) is 1.23. The molecule has 0 atom stereocenters. The topological polar surface area (TPSA) is 30.5 Å². The van der Waals surface area contributed by atoms with Gasteiger partial charge in [0, 0.05) is 6.54 Å². The molecule has 1 aromatic carbocycles. The van der Waals surface area contributed by atoms with Crippen molar-refractivity contribution >= 4 is 22.6 Å². The highest BCUT2D eigenvalue weighted by atomic mass is 127. The fourth-order valence-electron chi connectivity index (χ4n) is 1.54. The molecule has 1 aromatic rings. The van der Waals surface area contributed by atoms with Gasteiger partial charge in [0.1, 0.15) is 0 Å². The van der Waals surface area contributed by atoms with Gasteiger partial charge in [-0.05, 0) is 60.7 Å². The van der Waals surface area contributed by atoms with Gasteiger partial charge in [-0.1, -0.05) is 6.92 Å². The minimum Gasteiger partial charge on any atom is -0.490 e. The molecule has 0 aliphatic heterocycles. The quantitative estimate of drug-likeness (QED) is 0.767. The van der Waals surface area contributed by atoms with Crippen LogP contribution in [-0.4, -0.2) is 19.8 Å². The molecule has 0 amide bonds. The van der Waals surface area contributed by atoms with Crippen molar-refractivity contribution in [1.82, 2.24) is 5.32 Å². The van der Waals surface area contributed by atoms with E-state index in [0.717, 1.165) is 28.2 Å². The van der Waals surface area contributed by atoms with Crippen LogP contribution in [0.1, 0.15) is 26.3 Å². The molecular formula is C13H20INO2. The van der Waals surface area contributed by atoms with E-state index in [1.165, 1.54) is 5.56 Å². The van der Waals surface area contributed by atoms with Crippen molar-refractivity contribution in [2.45, 2.75) is 27.3 Å². The Hall–Kier alpha value is -0.490. The van der Waals surface area contributed by atoms with Gasteiger partial charge in [0.25, 0.3) is 0 Å². The second kappa shape index (κ2) is 7.76. The van der Waals surface area contributed by atoms with Crippen molar-refractivity contribution in [2.24, 2.45) is 0 Å². The zero-order valence-corrected chi connectivity index (χ0v) is 12.8. The molecule has 0 heterocycles. The fraction of sp³-hybridized carbons (Fsp3) is 0.538. The van der Waals surface area contributed by atoms with Gasteiger partial charge in [0.05, 0.1) is 16.8 Å². The van der Waals surface area contributed by atoms with Crippen LogP contribution in [0.3, 0.4) is 0 Å². The molecule has 1 N–H and O–H groups in total. The summed E-state index contributed by atoms with van der Waals surface area (Å²) in [5.74, 6) is 1.70. The maximum Gasteiger partial charge on any atom is 0.174 e. The molecule has 0 aromatic heterocycles. The van der Waals surface area contributed by atoms with E-state index in [0.29, 0.717) is 13.2 Å². The number of benzene rings is 1. The van der Waals surface area contributed by atoms with Crippen LogP contribution < -0.4 is 14.8 Å². The van der Waals surface area contributed by atoms with E-state index in [2.05, 4.69) is 47.0 Å². The Kier molecular flexibility index (Phi) is 6.65. The molecule has 96 valence electrons. The minimum absolute atomic E-state index is 0.654. The lowest BCUT2D eigenvalue weighted by Crippen LogP contribution is -2.12. The largest absolute Gasteiger partial charge is 0.490 e. The van der Waals surface area contributed by atoms with E-state index in [4.69, 9.17) is 9.47 Å². The number of hydrogen-bond acceptors (Lipinski definition) is 3. The lowest BCUT2D eigenvalue weighted by atomic mass is 10.2. The van der Waals surface area contributed by atoms with Crippen LogP contribution in [0.4, 0.5) is 0 Å². The van der Waals surface area contributed by atoms with Gasteiger partial charge < -0.3 is 14.8 Å². The molecular weight excluding hydrogens is 329 g/mol. The molecule has 1 rings (SSSR count). The van der Waals surface area contributed by atoms with Crippen LogP contribution in [0.15, 0.2) is 12.1 Å². The third kappa shape index (κ3) is 4.35. The Labute approximate surface area is 117 Å². The highest BCUT2D eigenvalue weighted by Crippen LogP contribution is 2.34. The van der Waals surface area contributed by atoms with Gasteiger partial charge >= 0.3 is 0 Å². The highest BCUT2D eigenvalue weighted by Gasteiger charge is 2.11. The van der Waals surface area contributed by atoms with E-state index >= 15 is 0 Å². The van der Waals surface area contributed by atoms with Crippen LogP contribution >= 0.6 is 22.6 Å². The third-order valence-corrected chi connectivity index (χ3v) is 3.04. The first-order valence-corrected chi connectivity index (χ1v) is 7.09. The minimum atomic E-state index is 0.654. The van der Waals surface area contributed by atoms with E-state index in [1.807, 2.05) is 13.8 Å². The lowest BCUT2D eigenvalue weighted by molar-refractivity contribution is 0.285. The maximum absolute atomic E-state index is 5.63. The number of nitrogens with one attached hydrogen (secondary N) is 1. The first kappa shape index (κ1) is 14.6. The Balaban J connectivity index is 2.97. The monoisotopic (exact) mass is 349 g/mol. The molecule has 0 saturated heterocycles. The molecule has 0 unspecified atom stereocenters. The maximum atomic E-state index is 5.63. The Bertz CT molecular complexity index is 356. The molecule has 0 fully saturated rings. The summed E-state index contributed by atoms with van der Waals surface area (Å²) in [4.78, 5) is 0. The average Bonchev–Trinajstić information content (AvgIpc) is 2.31.